The van der Waals surface area contributed by atoms with E-state index < -0.39 is 0 Å². The van der Waals surface area contributed by atoms with Gasteiger partial charge in [-0.1, -0.05) is 0 Å². The number of fused-ring (bicyclic) bond motifs is 1. The molecule has 132 valence electrons. The molecule has 1 fully saturated rings. The first kappa shape index (κ1) is 16.0. The van der Waals surface area contributed by atoms with Gasteiger partial charge in [0.2, 0.25) is 0 Å². The van der Waals surface area contributed by atoms with E-state index in [4.69, 9.17) is 15.6 Å². The zero-order valence-electron chi connectivity index (χ0n) is 14.5. The lowest BCUT2D eigenvalue weighted by molar-refractivity contribution is 0.340. The van der Waals surface area contributed by atoms with Crippen molar-refractivity contribution in [2.75, 3.05) is 38.1 Å². The van der Waals surface area contributed by atoms with Gasteiger partial charge in [-0.05, 0) is 37.6 Å². The number of likely N-dealkylation sites (tertiary alicyclic amines) is 1. The van der Waals surface area contributed by atoms with Crippen LogP contribution in [0.3, 0.4) is 0 Å². The van der Waals surface area contributed by atoms with Gasteiger partial charge in [0.05, 0.1) is 25.4 Å². The Bertz CT molecular complexity index is 724. The Labute approximate surface area is 147 Å². The average Bonchev–Trinajstić information content (AvgIpc) is 3.25. The standard InChI is InChI=1S/C18H24N6O/c1-2-25-15-5-3-14(4-6-15)21-16-11-17(23-9-7-13(19)12-23)22-24-10-8-20-18(16)24/h3-6,11,13,21H,2,7-10,12,19H2,1H3/t13-/m0/s1. The molecule has 3 heterocycles. The average molecular weight is 340 g/mol. The van der Waals surface area contributed by atoms with Crippen LogP contribution in [0.2, 0.25) is 0 Å². The maximum Gasteiger partial charge on any atom is 0.168 e. The Morgan fingerprint density at radius 2 is 2.12 bits per heavy atom. The van der Waals surface area contributed by atoms with Gasteiger partial charge in [0.1, 0.15) is 5.75 Å². The van der Waals surface area contributed by atoms with Gasteiger partial charge in [-0.2, -0.15) is 5.10 Å². The van der Waals surface area contributed by atoms with Gasteiger partial charge in [0.25, 0.3) is 0 Å². The van der Waals surface area contributed by atoms with E-state index in [2.05, 4.69) is 21.3 Å². The van der Waals surface area contributed by atoms with Gasteiger partial charge < -0.3 is 20.7 Å². The predicted molar refractivity (Wildman–Crippen MR) is 99.9 cm³/mol. The molecule has 25 heavy (non-hydrogen) atoms. The second kappa shape index (κ2) is 6.76. The minimum Gasteiger partial charge on any atom is -0.494 e. The van der Waals surface area contributed by atoms with Crippen LogP contribution in [-0.4, -0.2) is 60.4 Å². The molecule has 1 saturated heterocycles. The number of aliphatic imine (C=N–C) groups is 1. The van der Waals surface area contributed by atoms with E-state index in [1.807, 2.05) is 36.2 Å². The Hall–Kier alpha value is -2.54. The number of anilines is 1. The summed E-state index contributed by atoms with van der Waals surface area (Å²) < 4.78 is 5.50. The lowest BCUT2D eigenvalue weighted by Gasteiger charge is -2.28. The van der Waals surface area contributed by atoms with E-state index in [-0.39, 0.29) is 6.04 Å². The number of nitrogens with zero attached hydrogens (tertiary/aromatic N) is 4. The molecular weight excluding hydrogens is 316 g/mol. The molecule has 4 rings (SSSR count). The first-order chi connectivity index (χ1) is 12.2. The van der Waals surface area contributed by atoms with E-state index >= 15 is 0 Å². The molecule has 0 saturated carbocycles. The topological polar surface area (TPSA) is 78.5 Å². The Balaban J connectivity index is 1.55. The van der Waals surface area contributed by atoms with Crippen LogP contribution in [0.25, 0.3) is 0 Å². The quantitative estimate of drug-likeness (QED) is 0.867. The van der Waals surface area contributed by atoms with Crippen molar-refractivity contribution in [2.24, 2.45) is 15.8 Å². The molecule has 1 aromatic rings. The summed E-state index contributed by atoms with van der Waals surface area (Å²) in [5.41, 5.74) is 8.04. The van der Waals surface area contributed by atoms with Crippen molar-refractivity contribution in [3.63, 3.8) is 0 Å². The number of hydrazone groups is 1. The van der Waals surface area contributed by atoms with Gasteiger partial charge in [-0.3, -0.25) is 4.99 Å². The molecule has 0 bridgehead atoms. The summed E-state index contributed by atoms with van der Waals surface area (Å²) in [5.74, 6) is 2.74. The van der Waals surface area contributed by atoms with Crippen LogP contribution in [0.1, 0.15) is 13.3 Å². The summed E-state index contributed by atoms with van der Waals surface area (Å²) >= 11 is 0. The first-order valence-electron chi connectivity index (χ1n) is 8.86. The highest BCUT2D eigenvalue weighted by Crippen LogP contribution is 2.23. The fourth-order valence-corrected chi connectivity index (χ4v) is 3.30. The van der Waals surface area contributed by atoms with Crippen molar-refractivity contribution in [1.29, 1.82) is 0 Å². The summed E-state index contributed by atoms with van der Waals surface area (Å²) in [6.45, 7) is 6.05. The molecule has 0 radical (unpaired) electrons. The first-order valence-corrected chi connectivity index (χ1v) is 8.86. The normalized spacial score (nSPS) is 22.3. The summed E-state index contributed by atoms with van der Waals surface area (Å²) in [6, 6.07) is 8.20. The summed E-state index contributed by atoms with van der Waals surface area (Å²) in [4.78, 5) is 6.84. The van der Waals surface area contributed by atoms with E-state index in [1.165, 1.54) is 0 Å². The zero-order chi connectivity index (χ0) is 17.2. The SMILES string of the molecule is CCOc1ccc(NC2=CC(N3CC[C@H](N)C3)=NN3CCN=C23)cc1. The van der Waals surface area contributed by atoms with Crippen LogP contribution in [0, 0.1) is 0 Å². The van der Waals surface area contributed by atoms with Crippen molar-refractivity contribution in [3.05, 3.63) is 36.0 Å². The molecule has 0 aromatic heterocycles. The molecule has 7 nitrogen and oxygen atoms in total. The Kier molecular flexibility index (Phi) is 4.31. The molecule has 0 amide bonds. The predicted octanol–water partition coefficient (Wildman–Crippen LogP) is 1.46. The van der Waals surface area contributed by atoms with Crippen molar-refractivity contribution >= 4 is 17.4 Å². The maximum atomic E-state index is 6.05. The second-order valence-corrected chi connectivity index (χ2v) is 6.42. The van der Waals surface area contributed by atoms with Crippen molar-refractivity contribution in [3.8, 4) is 5.75 Å². The van der Waals surface area contributed by atoms with Crippen molar-refractivity contribution in [1.82, 2.24) is 9.91 Å². The Morgan fingerprint density at radius 3 is 2.84 bits per heavy atom. The van der Waals surface area contributed by atoms with Gasteiger partial charge in [0.15, 0.2) is 11.7 Å². The number of ether oxygens (including phenoxy) is 1. The third-order valence-electron chi connectivity index (χ3n) is 4.55. The minimum atomic E-state index is 0.229. The molecule has 0 unspecified atom stereocenters. The van der Waals surface area contributed by atoms with Gasteiger partial charge >= 0.3 is 0 Å². The molecule has 0 aliphatic carbocycles. The number of benzene rings is 1. The molecule has 7 heteroatoms. The lowest BCUT2D eigenvalue weighted by atomic mass is 10.2. The number of rotatable bonds is 4. The highest BCUT2D eigenvalue weighted by atomic mass is 16.5. The Morgan fingerprint density at radius 1 is 1.28 bits per heavy atom. The van der Waals surface area contributed by atoms with Gasteiger partial charge in [-0.15, -0.1) is 0 Å². The number of nitrogens with one attached hydrogen (secondary N) is 1. The minimum absolute atomic E-state index is 0.229. The highest BCUT2D eigenvalue weighted by molar-refractivity contribution is 6.11. The summed E-state index contributed by atoms with van der Waals surface area (Å²) in [7, 11) is 0. The molecule has 1 atom stereocenters. The third-order valence-corrected chi connectivity index (χ3v) is 4.55. The van der Waals surface area contributed by atoms with E-state index in [9.17, 15) is 0 Å². The van der Waals surface area contributed by atoms with Crippen LogP contribution in [0.5, 0.6) is 5.75 Å². The maximum absolute atomic E-state index is 6.05. The monoisotopic (exact) mass is 340 g/mol. The molecule has 3 aliphatic heterocycles. The van der Waals surface area contributed by atoms with Gasteiger partial charge in [0, 0.05) is 30.9 Å². The number of nitrogens with two attached hydrogens (primary N) is 1. The molecule has 1 aromatic carbocycles. The lowest BCUT2D eigenvalue weighted by Crippen LogP contribution is -2.39. The van der Waals surface area contributed by atoms with E-state index in [1.54, 1.807) is 0 Å². The van der Waals surface area contributed by atoms with Crippen LogP contribution in [0.4, 0.5) is 5.69 Å². The molecule has 3 N–H and O–H groups in total. The van der Waals surface area contributed by atoms with E-state index in [0.717, 1.165) is 61.4 Å². The fourth-order valence-electron chi connectivity index (χ4n) is 3.30. The molecular formula is C18H24N6O. The van der Waals surface area contributed by atoms with Crippen LogP contribution < -0.4 is 15.8 Å². The van der Waals surface area contributed by atoms with Crippen molar-refractivity contribution in [2.45, 2.75) is 19.4 Å². The largest absolute Gasteiger partial charge is 0.494 e. The zero-order valence-corrected chi connectivity index (χ0v) is 14.5. The molecule has 0 spiro atoms. The second-order valence-electron chi connectivity index (χ2n) is 6.42. The fraction of sp³-hybridized carbons (Fsp3) is 0.444. The smallest absolute Gasteiger partial charge is 0.168 e. The summed E-state index contributed by atoms with van der Waals surface area (Å²) in [5, 5.41) is 10.2. The summed E-state index contributed by atoms with van der Waals surface area (Å²) in [6.07, 6.45) is 3.09. The molecule has 3 aliphatic rings. The highest BCUT2D eigenvalue weighted by Gasteiger charge is 2.29. The number of hydrogen-bond donors (Lipinski definition) is 2. The van der Waals surface area contributed by atoms with Gasteiger partial charge in [-0.25, -0.2) is 5.01 Å². The van der Waals surface area contributed by atoms with Crippen molar-refractivity contribution < 1.29 is 4.74 Å². The number of amidine groups is 2. The third kappa shape index (κ3) is 3.32. The van der Waals surface area contributed by atoms with E-state index in [0.29, 0.717) is 6.61 Å². The van der Waals surface area contributed by atoms with Crippen LogP contribution in [-0.2, 0) is 0 Å². The number of hydrogen-bond acceptors (Lipinski definition) is 7. The van der Waals surface area contributed by atoms with Crippen LogP contribution >= 0.6 is 0 Å². The van der Waals surface area contributed by atoms with Crippen LogP contribution in [0.15, 0.2) is 46.1 Å².